The number of rotatable bonds is 3. The molecule has 18 heavy (non-hydrogen) atoms. The van der Waals surface area contributed by atoms with Gasteiger partial charge in [-0.25, -0.2) is 0 Å². The molecule has 0 spiro atoms. The molecule has 2 heteroatoms. The van der Waals surface area contributed by atoms with Crippen LogP contribution < -0.4 is 5.32 Å². The monoisotopic (exact) mass is 263 g/mol. The quantitative estimate of drug-likeness (QED) is 0.875. The lowest BCUT2D eigenvalue weighted by Gasteiger charge is -2.28. The Morgan fingerprint density at radius 2 is 1.56 bits per heavy atom. The first-order chi connectivity index (χ1) is 8.60. The normalized spacial score (nSPS) is 24.2. The lowest BCUT2D eigenvalue weighted by atomic mass is 9.95. The van der Waals surface area contributed by atoms with Crippen molar-refractivity contribution in [3.8, 4) is 0 Å². The van der Waals surface area contributed by atoms with Crippen LogP contribution >= 0.6 is 11.8 Å². The Bertz CT molecular complexity index is 383. The Labute approximate surface area is 116 Å². The van der Waals surface area contributed by atoms with E-state index in [9.17, 15) is 0 Å². The van der Waals surface area contributed by atoms with Gasteiger partial charge in [-0.05, 0) is 64.6 Å². The van der Waals surface area contributed by atoms with Crippen molar-refractivity contribution in [3.63, 3.8) is 0 Å². The largest absolute Gasteiger partial charge is 0.317 e. The summed E-state index contributed by atoms with van der Waals surface area (Å²) in [6.45, 7) is 6.69. The van der Waals surface area contributed by atoms with Gasteiger partial charge in [0, 0.05) is 16.2 Å². The van der Waals surface area contributed by atoms with E-state index >= 15 is 0 Å². The summed E-state index contributed by atoms with van der Waals surface area (Å²) in [4.78, 5) is 1.52. The first-order valence-corrected chi connectivity index (χ1v) is 7.90. The summed E-state index contributed by atoms with van der Waals surface area (Å²) >= 11 is 2.11. The maximum Gasteiger partial charge on any atom is 0.0133 e. The van der Waals surface area contributed by atoms with Crippen LogP contribution in [0.4, 0.5) is 0 Å². The molecule has 0 heterocycles. The van der Waals surface area contributed by atoms with Gasteiger partial charge in [0.05, 0.1) is 0 Å². The Balaban J connectivity index is 2.02. The van der Waals surface area contributed by atoms with E-state index < -0.39 is 0 Å². The number of benzene rings is 1. The average molecular weight is 263 g/mol. The fourth-order valence-corrected chi connectivity index (χ4v) is 4.32. The molecule has 1 aromatic rings. The second-order valence-corrected chi connectivity index (χ2v) is 6.92. The van der Waals surface area contributed by atoms with Crippen molar-refractivity contribution in [1.29, 1.82) is 0 Å². The molecule has 100 valence electrons. The van der Waals surface area contributed by atoms with Crippen LogP contribution in [0.15, 0.2) is 17.0 Å². The molecule has 0 aromatic heterocycles. The van der Waals surface area contributed by atoms with E-state index in [-0.39, 0.29) is 0 Å². The van der Waals surface area contributed by atoms with Crippen molar-refractivity contribution in [2.75, 3.05) is 7.05 Å². The first kappa shape index (κ1) is 14.0. The van der Waals surface area contributed by atoms with Crippen molar-refractivity contribution >= 4 is 11.8 Å². The van der Waals surface area contributed by atoms with Gasteiger partial charge in [-0.1, -0.05) is 17.7 Å². The lowest BCUT2D eigenvalue weighted by molar-refractivity contribution is 0.401. The zero-order valence-electron chi connectivity index (χ0n) is 12.0. The van der Waals surface area contributed by atoms with Gasteiger partial charge in [-0.2, -0.15) is 0 Å². The summed E-state index contributed by atoms with van der Waals surface area (Å²) in [5.41, 5.74) is 4.29. The minimum absolute atomic E-state index is 0.752. The molecule has 1 aromatic carbocycles. The highest BCUT2D eigenvalue weighted by Gasteiger charge is 2.21. The molecular weight excluding hydrogens is 238 g/mol. The Morgan fingerprint density at radius 3 is 2.06 bits per heavy atom. The molecule has 0 bridgehead atoms. The molecule has 1 saturated carbocycles. The third kappa shape index (κ3) is 3.30. The number of thioether (sulfide) groups is 1. The Hall–Kier alpha value is -0.470. The number of hydrogen-bond donors (Lipinski definition) is 1. The van der Waals surface area contributed by atoms with E-state index in [1.165, 1.54) is 47.3 Å². The van der Waals surface area contributed by atoms with Crippen LogP contribution in [0.1, 0.15) is 42.4 Å². The van der Waals surface area contributed by atoms with E-state index in [0.717, 1.165) is 11.3 Å². The molecule has 1 nitrogen and oxygen atoms in total. The van der Waals surface area contributed by atoms with Crippen LogP contribution in [0.3, 0.4) is 0 Å². The van der Waals surface area contributed by atoms with E-state index in [1.807, 2.05) is 0 Å². The van der Waals surface area contributed by atoms with Crippen LogP contribution in [-0.2, 0) is 0 Å². The third-order valence-electron chi connectivity index (χ3n) is 3.97. The van der Waals surface area contributed by atoms with Gasteiger partial charge in [0.1, 0.15) is 0 Å². The number of hydrogen-bond acceptors (Lipinski definition) is 2. The minimum atomic E-state index is 0.752. The van der Waals surface area contributed by atoms with Crippen LogP contribution in [-0.4, -0.2) is 18.3 Å². The van der Waals surface area contributed by atoms with E-state index in [0.29, 0.717) is 0 Å². The predicted molar refractivity (Wildman–Crippen MR) is 81.6 cm³/mol. The van der Waals surface area contributed by atoms with E-state index in [4.69, 9.17) is 0 Å². The maximum absolute atomic E-state index is 3.41. The molecule has 0 aliphatic heterocycles. The fourth-order valence-electron chi connectivity index (χ4n) is 2.99. The van der Waals surface area contributed by atoms with Gasteiger partial charge in [-0.3, -0.25) is 0 Å². The highest BCUT2D eigenvalue weighted by atomic mass is 32.2. The summed E-state index contributed by atoms with van der Waals surface area (Å²) in [5, 5.41) is 4.22. The van der Waals surface area contributed by atoms with Crippen LogP contribution in [0, 0.1) is 20.8 Å². The summed E-state index contributed by atoms with van der Waals surface area (Å²) in [6, 6.07) is 5.38. The summed E-state index contributed by atoms with van der Waals surface area (Å²) in [7, 11) is 2.09. The fraction of sp³-hybridized carbons (Fsp3) is 0.625. The molecule has 1 fully saturated rings. The molecule has 1 N–H and O–H groups in total. The molecule has 0 unspecified atom stereocenters. The highest BCUT2D eigenvalue weighted by molar-refractivity contribution is 8.00. The van der Waals surface area contributed by atoms with Crippen LogP contribution in [0.2, 0.25) is 0 Å². The second-order valence-electron chi connectivity index (χ2n) is 5.61. The van der Waals surface area contributed by atoms with Crippen molar-refractivity contribution < 1.29 is 0 Å². The van der Waals surface area contributed by atoms with Gasteiger partial charge in [-0.15, -0.1) is 11.8 Å². The van der Waals surface area contributed by atoms with Crippen molar-refractivity contribution in [1.82, 2.24) is 5.32 Å². The van der Waals surface area contributed by atoms with Crippen LogP contribution in [0.25, 0.3) is 0 Å². The molecule has 1 aliphatic rings. The SMILES string of the molecule is CNC1CCC(Sc2c(C)cc(C)cc2C)CC1. The first-order valence-electron chi connectivity index (χ1n) is 7.02. The standard InChI is InChI=1S/C16H25NS/c1-11-9-12(2)16(13(3)10-11)18-15-7-5-14(17-4)6-8-15/h9-10,14-15,17H,5-8H2,1-4H3. The third-order valence-corrected chi connectivity index (χ3v) is 5.66. The lowest BCUT2D eigenvalue weighted by Crippen LogP contribution is -2.30. The smallest absolute Gasteiger partial charge is 0.0133 e. The molecule has 0 atom stereocenters. The summed E-state index contributed by atoms with van der Waals surface area (Å²) in [5.74, 6) is 0. The Morgan fingerprint density at radius 1 is 1.00 bits per heavy atom. The zero-order chi connectivity index (χ0) is 13.1. The van der Waals surface area contributed by atoms with Gasteiger partial charge in [0.2, 0.25) is 0 Å². The van der Waals surface area contributed by atoms with Gasteiger partial charge in [0.15, 0.2) is 0 Å². The molecule has 0 radical (unpaired) electrons. The number of nitrogens with one attached hydrogen (secondary N) is 1. The zero-order valence-corrected chi connectivity index (χ0v) is 12.9. The predicted octanol–water partition coefficient (Wildman–Crippen LogP) is 4.23. The van der Waals surface area contributed by atoms with Crippen molar-refractivity contribution in [2.24, 2.45) is 0 Å². The topological polar surface area (TPSA) is 12.0 Å². The highest BCUT2D eigenvalue weighted by Crippen LogP contribution is 2.37. The van der Waals surface area contributed by atoms with E-state index in [2.05, 4.69) is 57.0 Å². The molecule has 0 saturated heterocycles. The molecular formula is C16H25NS. The number of aryl methyl sites for hydroxylation is 3. The van der Waals surface area contributed by atoms with Crippen molar-refractivity contribution in [3.05, 3.63) is 28.8 Å². The average Bonchev–Trinajstić information content (AvgIpc) is 2.34. The second kappa shape index (κ2) is 6.12. The van der Waals surface area contributed by atoms with Crippen LogP contribution in [0.5, 0.6) is 0 Å². The maximum atomic E-state index is 3.41. The minimum Gasteiger partial charge on any atom is -0.317 e. The van der Waals surface area contributed by atoms with Gasteiger partial charge in [0.25, 0.3) is 0 Å². The van der Waals surface area contributed by atoms with Gasteiger partial charge < -0.3 is 5.32 Å². The van der Waals surface area contributed by atoms with Gasteiger partial charge >= 0.3 is 0 Å². The summed E-state index contributed by atoms with van der Waals surface area (Å²) in [6.07, 6.45) is 5.36. The summed E-state index contributed by atoms with van der Waals surface area (Å²) < 4.78 is 0. The molecule has 1 aliphatic carbocycles. The molecule has 0 amide bonds. The Kier molecular flexibility index (Phi) is 4.74. The van der Waals surface area contributed by atoms with Crippen molar-refractivity contribution in [2.45, 2.75) is 62.6 Å². The van der Waals surface area contributed by atoms with E-state index in [1.54, 1.807) is 0 Å². The molecule has 2 rings (SSSR count).